The van der Waals surface area contributed by atoms with E-state index < -0.39 is 0 Å². The van der Waals surface area contributed by atoms with Crippen LogP contribution in [0.1, 0.15) is 20.3 Å². The molecular weight excluding hydrogens is 110 g/mol. The van der Waals surface area contributed by atoms with E-state index in [1.165, 1.54) is 12.0 Å². The summed E-state index contributed by atoms with van der Waals surface area (Å²) in [5.41, 5.74) is 1.48. The minimum Gasteiger partial charge on any atom is -0.309 e. The van der Waals surface area contributed by atoms with Crippen LogP contribution in [-0.2, 0) is 0 Å². The van der Waals surface area contributed by atoms with Gasteiger partial charge in [0, 0.05) is 6.54 Å². The van der Waals surface area contributed by atoms with Gasteiger partial charge in [-0.2, -0.15) is 0 Å². The van der Waals surface area contributed by atoms with Crippen molar-refractivity contribution in [2.24, 2.45) is 0 Å². The number of rotatable bonds is 3. The highest BCUT2D eigenvalue weighted by atomic mass is 15.0. The highest BCUT2D eigenvalue weighted by Gasteiger charge is 1.89. The lowest BCUT2D eigenvalue weighted by Gasteiger charge is -2.08. The Labute approximate surface area is 58.4 Å². The van der Waals surface area contributed by atoms with Gasteiger partial charge in [0.2, 0.25) is 0 Å². The molecule has 0 rings (SSSR count). The smallest absolute Gasteiger partial charge is 0.00124 e. The normalized spacial score (nSPS) is 12.8. The second-order valence-corrected chi connectivity index (χ2v) is 2.69. The molecule has 0 radical (unpaired) electrons. The molecule has 0 saturated carbocycles. The van der Waals surface area contributed by atoms with Crippen molar-refractivity contribution in [3.05, 3.63) is 11.6 Å². The third kappa shape index (κ3) is 5.57. The average molecular weight is 127 g/mol. The summed E-state index contributed by atoms with van der Waals surface area (Å²) in [6, 6.07) is 0. The molecule has 0 spiro atoms. The van der Waals surface area contributed by atoms with E-state index in [4.69, 9.17) is 0 Å². The number of hydrogen-bond donors (Lipinski definition) is 0. The average Bonchev–Trinajstić information content (AvgIpc) is 1.83. The molecule has 0 fully saturated rings. The largest absolute Gasteiger partial charge is 0.309 e. The fraction of sp³-hybridized carbons (Fsp3) is 0.750. The Morgan fingerprint density at radius 1 is 1.44 bits per heavy atom. The molecule has 0 atom stereocenters. The second kappa shape index (κ2) is 4.57. The Balaban J connectivity index is 3.28. The van der Waals surface area contributed by atoms with Gasteiger partial charge in [-0.25, -0.2) is 0 Å². The molecule has 0 N–H and O–H groups in total. The minimum absolute atomic E-state index is 1.16. The summed E-state index contributed by atoms with van der Waals surface area (Å²) in [6.07, 6.45) is 3.37. The van der Waals surface area contributed by atoms with Crippen LogP contribution in [0.2, 0.25) is 0 Å². The van der Waals surface area contributed by atoms with Crippen molar-refractivity contribution in [1.29, 1.82) is 0 Å². The van der Waals surface area contributed by atoms with E-state index >= 15 is 0 Å². The Morgan fingerprint density at radius 2 is 2.00 bits per heavy atom. The number of allylic oxidation sites excluding steroid dienone is 1. The molecule has 0 unspecified atom stereocenters. The van der Waals surface area contributed by atoms with Gasteiger partial charge in [0.15, 0.2) is 0 Å². The van der Waals surface area contributed by atoms with Crippen molar-refractivity contribution in [2.75, 3.05) is 20.6 Å². The van der Waals surface area contributed by atoms with Crippen molar-refractivity contribution in [2.45, 2.75) is 20.3 Å². The first-order valence-electron chi connectivity index (χ1n) is 3.43. The van der Waals surface area contributed by atoms with Crippen molar-refractivity contribution >= 4 is 0 Å². The summed E-state index contributed by atoms with van der Waals surface area (Å²) in [4.78, 5) is 2.20. The van der Waals surface area contributed by atoms with E-state index in [0.29, 0.717) is 0 Å². The number of nitrogens with zero attached hydrogens (tertiary/aromatic N) is 1. The molecule has 0 aromatic rings. The standard InChI is InChI=1S/C8H17N/c1-5-8(2)6-7-9(3)4/h5H,6-7H2,1-4H3. The highest BCUT2D eigenvalue weighted by molar-refractivity contribution is 4.95. The molecule has 0 aliphatic heterocycles. The van der Waals surface area contributed by atoms with Crippen molar-refractivity contribution in [3.8, 4) is 0 Å². The van der Waals surface area contributed by atoms with Crippen LogP contribution in [-0.4, -0.2) is 25.5 Å². The van der Waals surface area contributed by atoms with E-state index in [0.717, 1.165) is 6.54 Å². The SMILES string of the molecule is CC=C(C)CCN(C)C. The fourth-order valence-electron chi connectivity index (χ4n) is 0.544. The molecule has 0 aliphatic carbocycles. The fourth-order valence-corrected chi connectivity index (χ4v) is 0.544. The molecule has 0 saturated heterocycles. The van der Waals surface area contributed by atoms with Crippen LogP contribution in [0.25, 0.3) is 0 Å². The first kappa shape index (κ1) is 8.70. The third-order valence-electron chi connectivity index (χ3n) is 1.45. The Bertz CT molecular complexity index is 92.7. The van der Waals surface area contributed by atoms with Crippen LogP contribution in [0, 0.1) is 0 Å². The molecular formula is C8H17N. The second-order valence-electron chi connectivity index (χ2n) is 2.69. The number of hydrogen-bond acceptors (Lipinski definition) is 1. The van der Waals surface area contributed by atoms with Crippen LogP contribution < -0.4 is 0 Å². The first-order chi connectivity index (χ1) is 4.16. The van der Waals surface area contributed by atoms with Crippen LogP contribution in [0.5, 0.6) is 0 Å². The zero-order valence-electron chi connectivity index (χ0n) is 6.94. The van der Waals surface area contributed by atoms with E-state index in [1.54, 1.807) is 0 Å². The van der Waals surface area contributed by atoms with Crippen LogP contribution in [0.3, 0.4) is 0 Å². The predicted octanol–water partition coefficient (Wildman–Crippen LogP) is 1.90. The predicted molar refractivity (Wildman–Crippen MR) is 42.6 cm³/mol. The summed E-state index contributed by atoms with van der Waals surface area (Å²) < 4.78 is 0. The zero-order chi connectivity index (χ0) is 7.28. The van der Waals surface area contributed by atoms with Crippen LogP contribution in [0.4, 0.5) is 0 Å². The molecule has 0 heterocycles. The van der Waals surface area contributed by atoms with Gasteiger partial charge in [0.1, 0.15) is 0 Å². The van der Waals surface area contributed by atoms with Crippen LogP contribution in [0.15, 0.2) is 11.6 Å². The van der Waals surface area contributed by atoms with Crippen molar-refractivity contribution < 1.29 is 0 Å². The molecule has 0 amide bonds. The van der Waals surface area contributed by atoms with E-state index in [-0.39, 0.29) is 0 Å². The van der Waals surface area contributed by atoms with E-state index in [9.17, 15) is 0 Å². The van der Waals surface area contributed by atoms with Crippen LogP contribution >= 0.6 is 0 Å². The molecule has 1 nitrogen and oxygen atoms in total. The lowest BCUT2D eigenvalue weighted by molar-refractivity contribution is 0.413. The van der Waals surface area contributed by atoms with Gasteiger partial charge >= 0.3 is 0 Å². The molecule has 9 heavy (non-hydrogen) atoms. The van der Waals surface area contributed by atoms with Gasteiger partial charge in [-0.15, -0.1) is 0 Å². The molecule has 1 heteroatoms. The van der Waals surface area contributed by atoms with Gasteiger partial charge in [-0.1, -0.05) is 11.6 Å². The molecule has 54 valence electrons. The zero-order valence-corrected chi connectivity index (χ0v) is 6.94. The summed E-state index contributed by atoms with van der Waals surface area (Å²) in [5, 5.41) is 0. The topological polar surface area (TPSA) is 3.24 Å². The maximum Gasteiger partial charge on any atom is 0.00124 e. The van der Waals surface area contributed by atoms with Crippen molar-refractivity contribution in [1.82, 2.24) is 4.90 Å². The molecule has 0 aliphatic rings. The lowest BCUT2D eigenvalue weighted by atomic mass is 10.2. The summed E-state index contributed by atoms with van der Waals surface area (Å²) in [6.45, 7) is 5.42. The highest BCUT2D eigenvalue weighted by Crippen LogP contribution is 1.98. The van der Waals surface area contributed by atoms with Gasteiger partial charge in [0.05, 0.1) is 0 Å². The van der Waals surface area contributed by atoms with Gasteiger partial charge in [-0.3, -0.25) is 0 Å². The van der Waals surface area contributed by atoms with E-state index in [2.05, 4.69) is 38.9 Å². The lowest BCUT2D eigenvalue weighted by Crippen LogP contribution is -2.12. The summed E-state index contributed by atoms with van der Waals surface area (Å²) in [7, 11) is 4.20. The Hall–Kier alpha value is -0.300. The monoisotopic (exact) mass is 127 g/mol. The Morgan fingerprint density at radius 3 is 2.33 bits per heavy atom. The first-order valence-corrected chi connectivity index (χ1v) is 3.43. The van der Waals surface area contributed by atoms with Crippen molar-refractivity contribution in [3.63, 3.8) is 0 Å². The quantitative estimate of drug-likeness (QED) is 0.523. The van der Waals surface area contributed by atoms with Gasteiger partial charge in [-0.05, 0) is 34.4 Å². The van der Waals surface area contributed by atoms with Gasteiger partial charge in [0.25, 0.3) is 0 Å². The van der Waals surface area contributed by atoms with Gasteiger partial charge < -0.3 is 4.90 Å². The summed E-state index contributed by atoms with van der Waals surface area (Å²) >= 11 is 0. The summed E-state index contributed by atoms with van der Waals surface area (Å²) in [5.74, 6) is 0. The molecule has 0 bridgehead atoms. The Kier molecular flexibility index (Phi) is 4.41. The maximum absolute atomic E-state index is 2.20. The minimum atomic E-state index is 1.16. The van der Waals surface area contributed by atoms with E-state index in [1.807, 2.05) is 0 Å². The maximum atomic E-state index is 2.20. The molecule has 0 aromatic heterocycles. The third-order valence-corrected chi connectivity index (χ3v) is 1.45. The molecule has 0 aromatic carbocycles.